The van der Waals surface area contributed by atoms with Gasteiger partial charge in [0.25, 0.3) is 0 Å². The first-order chi connectivity index (χ1) is 12.5. The van der Waals surface area contributed by atoms with Crippen LogP contribution in [0.25, 0.3) is 10.9 Å². The quantitative estimate of drug-likeness (QED) is 0.895. The van der Waals surface area contributed by atoms with Crippen LogP contribution in [0.1, 0.15) is 50.7 Å². The minimum absolute atomic E-state index is 0.275. The van der Waals surface area contributed by atoms with Crippen molar-refractivity contribution in [1.29, 1.82) is 0 Å². The number of likely N-dealkylation sites (tertiary alicyclic amines) is 1. The summed E-state index contributed by atoms with van der Waals surface area (Å²) < 4.78 is 2.00. The highest BCUT2D eigenvalue weighted by Gasteiger charge is 2.50. The van der Waals surface area contributed by atoms with Crippen LogP contribution in [0, 0.1) is 11.8 Å². The van der Waals surface area contributed by atoms with E-state index in [4.69, 9.17) is 11.6 Å². The second kappa shape index (κ2) is 5.70. The zero-order chi connectivity index (χ0) is 18.1. The highest BCUT2D eigenvalue weighted by molar-refractivity contribution is 6.31. The van der Waals surface area contributed by atoms with E-state index in [1.807, 2.05) is 27.9 Å². The van der Waals surface area contributed by atoms with Gasteiger partial charge in [0.05, 0.1) is 17.3 Å². The van der Waals surface area contributed by atoms with Crippen molar-refractivity contribution in [3.8, 4) is 0 Å². The Bertz CT molecular complexity index is 883. The number of halogens is 1. The fourth-order valence-corrected chi connectivity index (χ4v) is 5.21. The lowest BCUT2D eigenvalue weighted by Crippen LogP contribution is -2.48. The molecule has 2 fully saturated rings. The third kappa shape index (κ3) is 2.33. The molecule has 1 aliphatic carbocycles. The van der Waals surface area contributed by atoms with Gasteiger partial charge in [0.2, 0.25) is 5.91 Å². The Morgan fingerprint density at radius 2 is 2.04 bits per heavy atom. The number of aliphatic hydroxyl groups excluding tert-OH is 1. The van der Waals surface area contributed by atoms with Crippen LogP contribution in [0.5, 0.6) is 0 Å². The first-order valence-corrected chi connectivity index (χ1v) is 9.99. The molecule has 1 saturated carbocycles. The SMILES string of the molecule is CC1(C2CCN(C(=O)CC3CC3)CC2)[C@H](O)c2cc(Cl)cc3cnn1c23. The smallest absolute Gasteiger partial charge is 0.222 e. The van der Waals surface area contributed by atoms with Crippen LogP contribution in [0.4, 0.5) is 0 Å². The van der Waals surface area contributed by atoms with E-state index in [1.54, 1.807) is 0 Å². The largest absolute Gasteiger partial charge is 0.386 e. The van der Waals surface area contributed by atoms with E-state index in [1.165, 1.54) is 12.8 Å². The summed E-state index contributed by atoms with van der Waals surface area (Å²) in [6.45, 7) is 3.66. The maximum Gasteiger partial charge on any atom is 0.222 e. The van der Waals surface area contributed by atoms with Crippen molar-refractivity contribution >= 4 is 28.4 Å². The predicted molar refractivity (Wildman–Crippen MR) is 100.0 cm³/mol. The van der Waals surface area contributed by atoms with Gasteiger partial charge in [-0.3, -0.25) is 9.48 Å². The summed E-state index contributed by atoms with van der Waals surface area (Å²) in [5.74, 6) is 1.21. The number of piperidine rings is 1. The zero-order valence-corrected chi connectivity index (χ0v) is 15.7. The first-order valence-electron chi connectivity index (χ1n) is 9.62. The van der Waals surface area contributed by atoms with Crippen molar-refractivity contribution < 1.29 is 9.90 Å². The molecule has 1 N–H and O–H groups in total. The lowest BCUT2D eigenvalue weighted by molar-refractivity contribution is -0.134. The number of nitrogens with zero attached hydrogens (tertiary/aromatic N) is 3. The van der Waals surface area contributed by atoms with Gasteiger partial charge in [-0.25, -0.2) is 0 Å². The lowest BCUT2D eigenvalue weighted by Gasteiger charge is -2.43. The van der Waals surface area contributed by atoms with Gasteiger partial charge in [0.1, 0.15) is 6.10 Å². The van der Waals surface area contributed by atoms with Crippen LogP contribution in [0.2, 0.25) is 5.02 Å². The Hall–Kier alpha value is -1.59. The number of carbonyl (C=O) groups is 1. The number of hydrogen-bond donors (Lipinski definition) is 1. The molecule has 1 unspecified atom stereocenters. The van der Waals surface area contributed by atoms with E-state index in [2.05, 4.69) is 12.0 Å². The van der Waals surface area contributed by atoms with E-state index in [9.17, 15) is 9.90 Å². The van der Waals surface area contributed by atoms with Crippen LogP contribution >= 0.6 is 11.6 Å². The molecule has 2 atom stereocenters. The van der Waals surface area contributed by atoms with Gasteiger partial charge < -0.3 is 10.0 Å². The molecule has 1 aromatic heterocycles. The molecule has 2 aliphatic heterocycles. The van der Waals surface area contributed by atoms with Gasteiger partial charge in [0.15, 0.2) is 0 Å². The van der Waals surface area contributed by atoms with Crippen molar-refractivity contribution in [2.45, 2.75) is 50.7 Å². The molecule has 6 heteroatoms. The Labute approximate surface area is 157 Å². The summed E-state index contributed by atoms with van der Waals surface area (Å²) in [4.78, 5) is 14.4. The molecule has 1 aromatic carbocycles. The molecule has 2 aromatic rings. The normalized spacial score (nSPS) is 28.9. The molecule has 1 amide bonds. The fraction of sp³-hybridized carbons (Fsp3) is 0.600. The fourth-order valence-electron chi connectivity index (χ4n) is 4.97. The van der Waals surface area contributed by atoms with E-state index in [0.717, 1.165) is 42.4 Å². The van der Waals surface area contributed by atoms with Crippen LogP contribution in [0.3, 0.4) is 0 Å². The predicted octanol–water partition coefficient (Wildman–Crippen LogP) is 3.49. The van der Waals surface area contributed by atoms with E-state index in [0.29, 0.717) is 23.3 Å². The first kappa shape index (κ1) is 16.6. The Morgan fingerprint density at radius 3 is 2.73 bits per heavy atom. The van der Waals surface area contributed by atoms with Gasteiger partial charge in [-0.1, -0.05) is 11.6 Å². The van der Waals surface area contributed by atoms with Crippen LogP contribution in [-0.2, 0) is 10.3 Å². The van der Waals surface area contributed by atoms with Crippen molar-refractivity contribution in [2.75, 3.05) is 13.1 Å². The minimum Gasteiger partial charge on any atom is -0.386 e. The lowest BCUT2D eigenvalue weighted by atomic mass is 9.75. The number of aliphatic hydroxyl groups is 1. The molecular weight excluding hydrogens is 350 g/mol. The monoisotopic (exact) mass is 373 g/mol. The summed E-state index contributed by atoms with van der Waals surface area (Å²) in [5.41, 5.74) is 1.39. The topological polar surface area (TPSA) is 58.4 Å². The zero-order valence-electron chi connectivity index (χ0n) is 15.0. The van der Waals surface area contributed by atoms with Crippen LogP contribution in [0.15, 0.2) is 18.3 Å². The number of carbonyl (C=O) groups excluding carboxylic acids is 1. The number of rotatable bonds is 3. The Kier molecular flexibility index (Phi) is 3.63. The highest BCUT2D eigenvalue weighted by atomic mass is 35.5. The average Bonchev–Trinajstić information content (AvgIpc) is 3.30. The molecule has 0 spiro atoms. The summed E-state index contributed by atoms with van der Waals surface area (Å²) in [5, 5.41) is 17.4. The maximum absolute atomic E-state index is 12.4. The molecule has 0 radical (unpaired) electrons. The number of aromatic nitrogens is 2. The molecule has 1 saturated heterocycles. The summed E-state index contributed by atoms with van der Waals surface area (Å²) in [7, 11) is 0. The molecule has 138 valence electrons. The van der Waals surface area contributed by atoms with Crippen molar-refractivity contribution in [2.24, 2.45) is 11.8 Å². The van der Waals surface area contributed by atoms with Gasteiger partial charge >= 0.3 is 0 Å². The van der Waals surface area contributed by atoms with Crippen molar-refractivity contribution in [1.82, 2.24) is 14.7 Å². The highest BCUT2D eigenvalue weighted by Crippen LogP contribution is 2.51. The molecule has 5 nitrogen and oxygen atoms in total. The van der Waals surface area contributed by atoms with Gasteiger partial charge in [0, 0.05) is 35.5 Å². The minimum atomic E-state index is -0.619. The third-order valence-corrected chi connectivity index (χ3v) is 7.01. The number of amides is 1. The van der Waals surface area contributed by atoms with Gasteiger partial charge in [-0.2, -0.15) is 5.10 Å². The summed E-state index contributed by atoms with van der Waals surface area (Å²) in [6, 6.07) is 3.77. The summed E-state index contributed by atoms with van der Waals surface area (Å²) >= 11 is 6.24. The average molecular weight is 374 g/mol. The van der Waals surface area contributed by atoms with Gasteiger partial charge in [-0.15, -0.1) is 0 Å². The van der Waals surface area contributed by atoms with E-state index < -0.39 is 11.6 Å². The van der Waals surface area contributed by atoms with E-state index >= 15 is 0 Å². The van der Waals surface area contributed by atoms with E-state index in [-0.39, 0.29) is 5.92 Å². The number of hydrogen-bond acceptors (Lipinski definition) is 3. The molecule has 0 bridgehead atoms. The maximum atomic E-state index is 12.4. The molecular formula is C20H24ClN3O2. The van der Waals surface area contributed by atoms with Crippen molar-refractivity contribution in [3.63, 3.8) is 0 Å². The van der Waals surface area contributed by atoms with Crippen LogP contribution < -0.4 is 0 Å². The second-order valence-electron chi connectivity index (χ2n) is 8.42. The van der Waals surface area contributed by atoms with Gasteiger partial charge in [-0.05, 0) is 56.6 Å². The number of benzene rings is 1. The van der Waals surface area contributed by atoms with Crippen LogP contribution in [-0.4, -0.2) is 38.8 Å². The Balaban J connectivity index is 1.39. The third-order valence-electron chi connectivity index (χ3n) is 6.80. The standard InChI is InChI=1S/C20H24ClN3O2/c1-20(14-4-6-23(7-5-14)17(25)8-12-2-3-12)19(26)16-10-15(21)9-13-11-22-24(20)18(13)16/h9-12,14,19,26H,2-8H2,1H3/t19-,20?/m1/s1. The Morgan fingerprint density at radius 1 is 1.31 bits per heavy atom. The molecule has 3 heterocycles. The molecule has 26 heavy (non-hydrogen) atoms. The van der Waals surface area contributed by atoms with Crippen molar-refractivity contribution in [3.05, 3.63) is 28.9 Å². The summed E-state index contributed by atoms with van der Waals surface area (Å²) in [6.07, 6.45) is 6.15. The second-order valence-corrected chi connectivity index (χ2v) is 8.86. The molecule has 3 aliphatic rings. The molecule has 5 rings (SSSR count).